The SMILES string of the molecule is CC1CCCN(C2NC(=O)C3C(NC(=O)CC3C(=O)Nc3ccc(F)cc3)N2)C1. The largest absolute Gasteiger partial charge is 0.340 e. The Labute approximate surface area is 168 Å². The first kappa shape index (κ1) is 19.8. The average molecular weight is 403 g/mol. The lowest BCUT2D eigenvalue weighted by Crippen LogP contribution is -2.74. The van der Waals surface area contributed by atoms with Crippen LogP contribution in [0.4, 0.5) is 10.1 Å². The molecule has 3 fully saturated rings. The second-order valence-electron chi connectivity index (χ2n) is 8.20. The number of hydrogen-bond acceptors (Lipinski definition) is 5. The van der Waals surface area contributed by atoms with Crippen molar-refractivity contribution in [1.82, 2.24) is 20.9 Å². The molecule has 4 N–H and O–H groups in total. The van der Waals surface area contributed by atoms with E-state index < -0.39 is 29.7 Å². The van der Waals surface area contributed by atoms with Crippen LogP contribution in [-0.4, -0.2) is 48.2 Å². The number of carbonyl (C=O) groups excluding carboxylic acids is 3. The summed E-state index contributed by atoms with van der Waals surface area (Å²) in [7, 11) is 0. The highest BCUT2D eigenvalue weighted by atomic mass is 19.1. The Kier molecular flexibility index (Phi) is 5.51. The quantitative estimate of drug-likeness (QED) is 0.591. The Hall–Kier alpha value is -2.52. The van der Waals surface area contributed by atoms with E-state index in [-0.39, 0.29) is 24.5 Å². The van der Waals surface area contributed by atoms with Gasteiger partial charge in [0.1, 0.15) is 12.1 Å². The van der Waals surface area contributed by atoms with Crippen LogP contribution in [0, 0.1) is 23.6 Å². The third kappa shape index (κ3) is 4.25. The molecule has 8 nitrogen and oxygen atoms in total. The number of rotatable bonds is 3. The number of halogens is 1. The average Bonchev–Trinajstić information content (AvgIpc) is 2.68. The first-order chi connectivity index (χ1) is 13.9. The number of fused-ring (bicyclic) bond motifs is 1. The summed E-state index contributed by atoms with van der Waals surface area (Å²) in [5, 5.41) is 11.8. The van der Waals surface area contributed by atoms with E-state index in [0.717, 1.165) is 25.9 Å². The minimum Gasteiger partial charge on any atom is -0.340 e. The molecule has 0 bridgehead atoms. The van der Waals surface area contributed by atoms with Gasteiger partial charge in [0.2, 0.25) is 17.7 Å². The zero-order chi connectivity index (χ0) is 20.5. The van der Waals surface area contributed by atoms with E-state index in [9.17, 15) is 18.8 Å². The molecule has 3 heterocycles. The third-order valence-electron chi connectivity index (χ3n) is 5.94. The summed E-state index contributed by atoms with van der Waals surface area (Å²) in [5.74, 6) is -2.36. The van der Waals surface area contributed by atoms with Gasteiger partial charge in [0.05, 0.1) is 18.0 Å². The Morgan fingerprint density at radius 3 is 2.69 bits per heavy atom. The van der Waals surface area contributed by atoms with E-state index in [1.165, 1.54) is 24.3 Å². The van der Waals surface area contributed by atoms with Crippen molar-refractivity contribution in [3.63, 3.8) is 0 Å². The zero-order valence-corrected chi connectivity index (χ0v) is 16.3. The number of hydrogen-bond donors (Lipinski definition) is 4. The standard InChI is InChI=1S/C20H26FN5O3/c1-11-3-2-8-26(10-11)20-24-17-16(19(29)25-20)14(9-15(27)23-17)18(28)22-13-6-4-12(21)5-7-13/h4-7,11,14,16-17,20,24H,2-3,8-10H2,1H3,(H,22,28)(H,23,27)(H,25,29). The number of nitrogens with zero attached hydrogens (tertiary/aromatic N) is 1. The highest BCUT2D eigenvalue weighted by molar-refractivity contribution is 6.00. The van der Waals surface area contributed by atoms with Crippen LogP contribution in [0.3, 0.4) is 0 Å². The van der Waals surface area contributed by atoms with Crippen molar-refractivity contribution in [1.29, 1.82) is 0 Å². The molecular formula is C20H26FN5O3. The van der Waals surface area contributed by atoms with Gasteiger partial charge in [-0.25, -0.2) is 4.39 Å². The lowest BCUT2D eigenvalue weighted by atomic mass is 9.81. The van der Waals surface area contributed by atoms with Gasteiger partial charge in [0.25, 0.3) is 0 Å². The minimum absolute atomic E-state index is 0.0747. The van der Waals surface area contributed by atoms with Gasteiger partial charge in [-0.1, -0.05) is 6.92 Å². The van der Waals surface area contributed by atoms with Crippen molar-refractivity contribution in [2.45, 2.75) is 38.6 Å². The zero-order valence-electron chi connectivity index (χ0n) is 16.3. The van der Waals surface area contributed by atoms with Gasteiger partial charge in [0, 0.05) is 25.2 Å². The molecule has 5 atom stereocenters. The van der Waals surface area contributed by atoms with Gasteiger partial charge in [-0.3, -0.25) is 24.6 Å². The molecule has 3 amide bonds. The van der Waals surface area contributed by atoms with E-state index >= 15 is 0 Å². The number of amides is 3. The smallest absolute Gasteiger partial charge is 0.229 e. The van der Waals surface area contributed by atoms with E-state index in [2.05, 4.69) is 33.1 Å². The number of carbonyl (C=O) groups is 3. The van der Waals surface area contributed by atoms with E-state index in [1.807, 2.05) is 0 Å². The summed E-state index contributed by atoms with van der Waals surface area (Å²) in [4.78, 5) is 40.2. The van der Waals surface area contributed by atoms with E-state index in [4.69, 9.17) is 0 Å². The summed E-state index contributed by atoms with van der Waals surface area (Å²) < 4.78 is 13.1. The van der Waals surface area contributed by atoms with Crippen molar-refractivity contribution >= 4 is 23.4 Å². The topological polar surface area (TPSA) is 103 Å². The normalized spacial score (nSPS) is 32.7. The highest BCUT2D eigenvalue weighted by Crippen LogP contribution is 2.29. The third-order valence-corrected chi connectivity index (χ3v) is 5.94. The van der Waals surface area contributed by atoms with Crippen LogP contribution in [0.25, 0.3) is 0 Å². The predicted octanol–water partition coefficient (Wildman–Crippen LogP) is 0.578. The molecule has 1 aromatic carbocycles. The summed E-state index contributed by atoms with van der Waals surface area (Å²) in [6, 6.07) is 5.37. The van der Waals surface area contributed by atoms with Crippen LogP contribution >= 0.6 is 0 Å². The van der Waals surface area contributed by atoms with E-state index in [1.54, 1.807) is 0 Å². The molecule has 5 unspecified atom stereocenters. The summed E-state index contributed by atoms with van der Waals surface area (Å²) in [6.07, 6.45) is 1.15. The molecular weight excluding hydrogens is 377 g/mol. The molecule has 0 aromatic heterocycles. The number of piperidine rings is 2. The van der Waals surface area contributed by atoms with Crippen LogP contribution in [0.5, 0.6) is 0 Å². The van der Waals surface area contributed by atoms with Crippen molar-refractivity contribution in [2.24, 2.45) is 17.8 Å². The number of nitrogens with one attached hydrogen (secondary N) is 4. The number of anilines is 1. The molecule has 1 aromatic rings. The molecule has 0 aliphatic carbocycles. The fourth-order valence-corrected chi connectivity index (χ4v) is 4.48. The van der Waals surface area contributed by atoms with Crippen LogP contribution in [0.2, 0.25) is 0 Å². The van der Waals surface area contributed by atoms with Gasteiger partial charge >= 0.3 is 0 Å². The predicted molar refractivity (Wildman–Crippen MR) is 104 cm³/mol. The lowest BCUT2D eigenvalue weighted by molar-refractivity contribution is -0.148. The van der Waals surface area contributed by atoms with Crippen molar-refractivity contribution in [3.05, 3.63) is 30.1 Å². The summed E-state index contributed by atoms with van der Waals surface area (Å²) >= 11 is 0. The Morgan fingerprint density at radius 2 is 1.97 bits per heavy atom. The first-order valence-electron chi connectivity index (χ1n) is 10.1. The fourth-order valence-electron chi connectivity index (χ4n) is 4.48. The summed E-state index contributed by atoms with van der Waals surface area (Å²) in [5.41, 5.74) is 0.420. The fraction of sp³-hybridized carbons (Fsp3) is 0.550. The van der Waals surface area contributed by atoms with Crippen LogP contribution < -0.4 is 21.3 Å². The molecule has 29 heavy (non-hydrogen) atoms. The second kappa shape index (κ2) is 8.08. The van der Waals surface area contributed by atoms with Gasteiger partial charge in [-0.15, -0.1) is 0 Å². The van der Waals surface area contributed by atoms with Gasteiger partial charge in [-0.05, 0) is 43.0 Å². The Balaban J connectivity index is 1.48. The highest BCUT2D eigenvalue weighted by Gasteiger charge is 2.49. The molecule has 9 heteroatoms. The molecule has 3 saturated heterocycles. The van der Waals surface area contributed by atoms with E-state index in [0.29, 0.717) is 11.6 Å². The molecule has 4 rings (SSSR count). The number of likely N-dealkylation sites (tertiary alicyclic amines) is 1. The Morgan fingerprint density at radius 1 is 1.21 bits per heavy atom. The molecule has 0 saturated carbocycles. The van der Waals surface area contributed by atoms with Crippen molar-refractivity contribution < 1.29 is 18.8 Å². The Bertz CT molecular complexity index is 802. The second-order valence-corrected chi connectivity index (χ2v) is 8.20. The van der Waals surface area contributed by atoms with Gasteiger partial charge < -0.3 is 16.0 Å². The van der Waals surface area contributed by atoms with Gasteiger partial charge in [0.15, 0.2) is 0 Å². The van der Waals surface area contributed by atoms with Crippen LogP contribution in [0.1, 0.15) is 26.2 Å². The minimum atomic E-state index is -0.812. The molecule has 3 aliphatic heterocycles. The van der Waals surface area contributed by atoms with Crippen LogP contribution in [0.15, 0.2) is 24.3 Å². The number of benzene rings is 1. The molecule has 3 aliphatic rings. The monoisotopic (exact) mass is 403 g/mol. The van der Waals surface area contributed by atoms with Gasteiger partial charge in [-0.2, -0.15) is 0 Å². The lowest BCUT2D eigenvalue weighted by Gasteiger charge is -2.47. The molecule has 156 valence electrons. The van der Waals surface area contributed by atoms with Crippen molar-refractivity contribution in [2.75, 3.05) is 18.4 Å². The maximum atomic E-state index is 13.1. The maximum Gasteiger partial charge on any atom is 0.229 e. The maximum absolute atomic E-state index is 13.1. The molecule has 0 spiro atoms. The summed E-state index contributed by atoms with van der Waals surface area (Å²) in [6.45, 7) is 3.90. The first-order valence-corrected chi connectivity index (χ1v) is 10.1. The molecule has 0 radical (unpaired) electrons. The van der Waals surface area contributed by atoms with Crippen molar-refractivity contribution in [3.8, 4) is 0 Å². The van der Waals surface area contributed by atoms with Crippen LogP contribution in [-0.2, 0) is 14.4 Å².